The minimum Gasteiger partial charge on any atom is -0.497 e. The molecule has 25 heavy (non-hydrogen) atoms. The van der Waals surface area contributed by atoms with Crippen molar-refractivity contribution in [1.29, 1.82) is 0 Å². The van der Waals surface area contributed by atoms with Gasteiger partial charge in [-0.25, -0.2) is 0 Å². The van der Waals surface area contributed by atoms with E-state index in [1.54, 1.807) is 35.1 Å². The summed E-state index contributed by atoms with van der Waals surface area (Å²) in [5.74, 6) is 0.595. The molecular formula is C19H19BrN2O3. The summed E-state index contributed by atoms with van der Waals surface area (Å²) in [6, 6.07) is 14.6. The molecule has 1 fully saturated rings. The van der Waals surface area contributed by atoms with E-state index < -0.39 is 0 Å². The number of nitrogens with zero attached hydrogens (tertiary/aromatic N) is 2. The maximum Gasteiger partial charge on any atom is 0.255 e. The van der Waals surface area contributed by atoms with Crippen LogP contribution in [0.1, 0.15) is 20.7 Å². The summed E-state index contributed by atoms with van der Waals surface area (Å²) in [4.78, 5) is 28.8. The van der Waals surface area contributed by atoms with Crippen LogP contribution in [0.15, 0.2) is 53.0 Å². The Morgan fingerprint density at radius 3 is 2.12 bits per heavy atom. The second-order valence-corrected chi connectivity index (χ2v) is 6.65. The van der Waals surface area contributed by atoms with Crippen LogP contribution in [-0.2, 0) is 0 Å². The highest BCUT2D eigenvalue weighted by atomic mass is 79.9. The summed E-state index contributed by atoms with van der Waals surface area (Å²) in [6.45, 7) is 2.09. The van der Waals surface area contributed by atoms with Crippen molar-refractivity contribution in [2.24, 2.45) is 0 Å². The summed E-state index contributed by atoms with van der Waals surface area (Å²) in [5.41, 5.74) is 1.25. The molecule has 6 heteroatoms. The Kier molecular flexibility index (Phi) is 5.38. The molecule has 5 nitrogen and oxygen atoms in total. The average molecular weight is 403 g/mol. The summed E-state index contributed by atoms with van der Waals surface area (Å²) in [5, 5.41) is 0. The molecule has 1 aliphatic heterocycles. The number of halogens is 1. The van der Waals surface area contributed by atoms with Crippen LogP contribution >= 0.6 is 15.9 Å². The summed E-state index contributed by atoms with van der Waals surface area (Å²) in [7, 11) is 1.57. The van der Waals surface area contributed by atoms with E-state index in [4.69, 9.17) is 4.74 Å². The SMILES string of the molecule is COc1ccc(Br)c(C(=O)N2CCN(C(=O)c3ccccc3)CC2)c1. The third-order valence-corrected chi connectivity index (χ3v) is 4.97. The minimum absolute atomic E-state index is 0.00950. The first-order chi connectivity index (χ1) is 12.1. The quantitative estimate of drug-likeness (QED) is 0.792. The Bertz CT molecular complexity index is 771. The smallest absolute Gasteiger partial charge is 0.255 e. The molecule has 0 spiro atoms. The second-order valence-electron chi connectivity index (χ2n) is 5.80. The fourth-order valence-corrected chi connectivity index (χ4v) is 3.26. The standard InChI is InChI=1S/C19H19BrN2O3/c1-25-15-7-8-17(20)16(13-15)19(24)22-11-9-21(10-12-22)18(23)14-5-3-2-4-6-14/h2-8,13H,9-12H2,1H3. The molecule has 0 aromatic heterocycles. The van der Waals surface area contributed by atoms with Gasteiger partial charge in [0.25, 0.3) is 11.8 Å². The zero-order valence-electron chi connectivity index (χ0n) is 13.9. The van der Waals surface area contributed by atoms with E-state index in [1.807, 2.05) is 30.3 Å². The highest BCUT2D eigenvalue weighted by Crippen LogP contribution is 2.24. The van der Waals surface area contributed by atoms with E-state index in [-0.39, 0.29) is 11.8 Å². The van der Waals surface area contributed by atoms with Gasteiger partial charge in [-0.15, -0.1) is 0 Å². The normalized spacial score (nSPS) is 14.3. The number of carbonyl (C=O) groups is 2. The van der Waals surface area contributed by atoms with Gasteiger partial charge in [0.05, 0.1) is 12.7 Å². The molecule has 0 aliphatic carbocycles. The maximum absolute atomic E-state index is 12.8. The monoisotopic (exact) mass is 402 g/mol. The Labute approximate surface area is 155 Å². The third kappa shape index (κ3) is 3.85. The van der Waals surface area contributed by atoms with Gasteiger partial charge in [-0.2, -0.15) is 0 Å². The number of amides is 2. The molecule has 2 aromatic carbocycles. The van der Waals surface area contributed by atoms with Crippen LogP contribution in [0.5, 0.6) is 5.75 Å². The molecule has 1 saturated heterocycles. The van der Waals surface area contributed by atoms with Crippen LogP contribution in [-0.4, -0.2) is 54.9 Å². The van der Waals surface area contributed by atoms with Crippen molar-refractivity contribution >= 4 is 27.7 Å². The fraction of sp³-hybridized carbons (Fsp3) is 0.263. The fourth-order valence-electron chi connectivity index (χ4n) is 2.84. The zero-order chi connectivity index (χ0) is 17.8. The number of benzene rings is 2. The Morgan fingerprint density at radius 1 is 0.920 bits per heavy atom. The van der Waals surface area contributed by atoms with Crippen LogP contribution in [0, 0.1) is 0 Å². The van der Waals surface area contributed by atoms with Crippen LogP contribution in [0.3, 0.4) is 0 Å². The van der Waals surface area contributed by atoms with Crippen molar-refractivity contribution < 1.29 is 14.3 Å². The van der Waals surface area contributed by atoms with E-state index in [2.05, 4.69) is 15.9 Å². The summed E-state index contributed by atoms with van der Waals surface area (Å²) < 4.78 is 5.94. The van der Waals surface area contributed by atoms with Crippen LogP contribution in [0.4, 0.5) is 0 Å². The van der Waals surface area contributed by atoms with E-state index in [1.165, 1.54) is 0 Å². The highest BCUT2D eigenvalue weighted by Gasteiger charge is 2.26. The minimum atomic E-state index is -0.0578. The lowest BCUT2D eigenvalue weighted by atomic mass is 10.1. The van der Waals surface area contributed by atoms with E-state index in [9.17, 15) is 9.59 Å². The molecule has 0 radical (unpaired) electrons. The Morgan fingerprint density at radius 2 is 1.52 bits per heavy atom. The molecule has 2 amide bonds. The van der Waals surface area contributed by atoms with Crippen molar-refractivity contribution in [2.75, 3.05) is 33.3 Å². The van der Waals surface area contributed by atoms with Crippen molar-refractivity contribution in [3.05, 3.63) is 64.1 Å². The van der Waals surface area contributed by atoms with Crippen molar-refractivity contribution in [2.45, 2.75) is 0 Å². The van der Waals surface area contributed by atoms with Gasteiger partial charge in [0.15, 0.2) is 0 Å². The maximum atomic E-state index is 12.8. The van der Waals surface area contributed by atoms with Crippen molar-refractivity contribution in [3.63, 3.8) is 0 Å². The lowest BCUT2D eigenvalue weighted by Gasteiger charge is -2.35. The summed E-state index contributed by atoms with van der Waals surface area (Å²) >= 11 is 3.42. The van der Waals surface area contributed by atoms with E-state index >= 15 is 0 Å². The lowest BCUT2D eigenvalue weighted by molar-refractivity contribution is 0.0535. The number of carbonyl (C=O) groups excluding carboxylic acids is 2. The van der Waals surface area contributed by atoms with Gasteiger partial charge in [-0.1, -0.05) is 18.2 Å². The first-order valence-electron chi connectivity index (χ1n) is 8.07. The average Bonchev–Trinajstić information content (AvgIpc) is 2.68. The van der Waals surface area contributed by atoms with Crippen LogP contribution in [0.25, 0.3) is 0 Å². The first kappa shape index (κ1) is 17.5. The topological polar surface area (TPSA) is 49.9 Å². The van der Waals surface area contributed by atoms with Gasteiger partial charge in [0, 0.05) is 36.2 Å². The Hall–Kier alpha value is -2.34. The van der Waals surface area contributed by atoms with Gasteiger partial charge >= 0.3 is 0 Å². The summed E-state index contributed by atoms with van der Waals surface area (Å²) in [6.07, 6.45) is 0. The largest absolute Gasteiger partial charge is 0.497 e. The number of hydrogen-bond acceptors (Lipinski definition) is 3. The van der Waals surface area contributed by atoms with Gasteiger partial charge < -0.3 is 14.5 Å². The van der Waals surface area contributed by atoms with Crippen LogP contribution in [0.2, 0.25) is 0 Å². The molecule has 0 saturated carbocycles. The van der Waals surface area contributed by atoms with Crippen molar-refractivity contribution in [3.8, 4) is 5.75 Å². The molecule has 1 aliphatic rings. The molecule has 0 atom stereocenters. The molecule has 0 bridgehead atoms. The number of methoxy groups -OCH3 is 1. The number of piperazine rings is 1. The van der Waals surface area contributed by atoms with Crippen molar-refractivity contribution in [1.82, 2.24) is 9.80 Å². The molecular weight excluding hydrogens is 384 g/mol. The lowest BCUT2D eigenvalue weighted by Crippen LogP contribution is -2.50. The van der Waals surface area contributed by atoms with Crippen LogP contribution < -0.4 is 4.74 Å². The third-order valence-electron chi connectivity index (χ3n) is 4.28. The van der Waals surface area contributed by atoms with Gasteiger partial charge in [-0.3, -0.25) is 9.59 Å². The van der Waals surface area contributed by atoms with Gasteiger partial charge in [0.2, 0.25) is 0 Å². The molecule has 3 rings (SSSR count). The first-order valence-corrected chi connectivity index (χ1v) is 8.86. The molecule has 2 aromatic rings. The van der Waals surface area contributed by atoms with E-state index in [0.29, 0.717) is 43.1 Å². The highest BCUT2D eigenvalue weighted by molar-refractivity contribution is 9.10. The molecule has 0 N–H and O–H groups in total. The second kappa shape index (κ2) is 7.70. The number of rotatable bonds is 3. The van der Waals surface area contributed by atoms with E-state index in [0.717, 1.165) is 4.47 Å². The van der Waals surface area contributed by atoms with Gasteiger partial charge in [-0.05, 0) is 46.3 Å². The predicted molar refractivity (Wildman–Crippen MR) is 98.9 cm³/mol. The predicted octanol–water partition coefficient (Wildman–Crippen LogP) is 3.06. The zero-order valence-corrected chi connectivity index (χ0v) is 15.5. The van der Waals surface area contributed by atoms with Gasteiger partial charge in [0.1, 0.15) is 5.75 Å². The molecule has 0 unspecified atom stereocenters. The molecule has 1 heterocycles. The number of hydrogen-bond donors (Lipinski definition) is 0. The number of ether oxygens (including phenoxy) is 1. The Balaban J connectivity index is 1.66. The molecule has 130 valence electrons.